The number of carbonyl (C=O) groups excluding carboxylic acids is 1. The quantitative estimate of drug-likeness (QED) is 0.607. The summed E-state index contributed by atoms with van der Waals surface area (Å²) in [6.45, 7) is 2.41. The molecule has 1 aliphatic rings. The van der Waals surface area contributed by atoms with Crippen LogP contribution in [0.15, 0.2) is 30.6 Å². The van der Waals surface area contributed by atoms with E-state index < -0.39 is 23.7 Å². The standard InChI is InChI=1S/C21H22F2N8O/c1-12-19(14-7-25-29(2)8-14)28-30(3)20(12)27-21(32)26-18-10-31(11-24)9-15(18)13-4-5-16(22)17(23)6-13/h4-8,15,18H,9-10H2,1-3H3,(H2,26,27,32)/t15-,18+/m0/s1. The number of nitrogens with zero attached hydrogens (tertiary/aromatic N) is 6. The first-order valence-corrected chi connectivity index (χ1v) is 9.96. The molecule has 3 aromatic rings. The van der Waals surface area contributed by atoms with Crippen LogP contribution < -0.4 is 10.6 Å². The number of aryl methyl sites for hydroxylation is 2. The second-order valence-corrected chi connectivity index (χ2v) is 7.84. The summed E-state index contributed by atoms with van der Waals surface area (Å²) in [5.41, 5.74) is 2.82. The SMILES string of the molecule is Cc1c(-c2cnn(C)c2)nn(C)c1NC(=O)N[C@@H]1CN(C#N)C[C@H]1c1ccc(F)c(F)c1. The molecule has 11 heteroatoms. The van der Waals surface area contributed by atoms with Crippen molar-refractivity contribution in [2.75, 3.05) is 18.4 Å². The van der Waals surface area contributed by atoms with Crippen LogP contribution in [0.4, 0.5) is 19.4 Å². The van der Waals surface area contributed by atoms with Crippen LogP contribution in [0.5, 0.6) is 0 Å². The minimum Gasteiger partial charge on any atom is -0.333 e. The van der Waals surface area contributed by atoms with Crippen LogP contribution in [0.25, 0.3) is 11.3 Å². The molecule has 166 valence electrons. The number of benzene rings is 1. The van der Waals surface area contributed by atoms with E-state index in [1.165, 1.54) is 11.0 Å². The number of carbonyl (C=O) groups is 1. The Hall–Kier alpha value is -3.94. The Bertz CT molecular complexity index is 1210. The van der Waals surface area contributed by atoms with Gasteiger partial charge in [0.25, 0.3) is 0 Å². The van der Waals surface area contributed by atoms with E-state index in [0.717, 1.165) is 23.3 Å². The summed E-state index contributed by atoms with van der Waals surface area (Å²) in [6, 6.07) is 2.69. The molecule has 0 aliphatic carbocycles. The molecule has 4 rings (SSSR count). The lowest BCUT2D eigenvalue weighted by Gasteiger charge is -2.20. The number of aromatic nitrogens is 4. The molecular formula is C21H22F2N8O. The van der Waals surface area contributed by atoms with Crippen LogP contribution in [0.3, 0.4) is 0 Å². The van der Waals surface area contributed by atoms with Crippen molar-refractivity contribution in [1.29, 1.82) is 5.26 Å². The van der Waals surface area contributed by atoms with Gasteiger partial charge >= 0.3 is 6.03 Å². The van der Waals surface area contributed by atoms with E-state index in [4.69, 9.17) is 0 Å². The average molecular weight is 440 g/mol. The highest BCUT2D eigenvalue weighted by molar-refractivity contribution is 5.90. The molecule has 2 atom stereocenters. The second kappa shape index (κ2) is 8.30. The molecule has 2 amide bonds. The highest BCUT2D eigenvalue weighted by Crippen LogP contribution is 2.30. The van der Waals surface area contributed by atoms with Gasteiger partial charge in [-0.25, -0.2) is 13.6 Å². The third-order valence-corrected chi connectivity index (χ3v) is 5.64. The molecule has 0 spiro atoms. The zero-order valence-corrected chi connectivity index (χ0v) is 17.8. The van der Waals surface area contributed by atoms with E-state index in [-0.39, 0.29) is 12.5 Å². The van der Waals surface area contributed by atoms with Gasteiger partial charge in [-0.15, -0.1) is 0 Å². The zero-order valence-electron chi connectivity index (χ0n) is 17.8. The molecule has 1 fully saturated rings. The number of anilines is 1. The minimum atomic E-state index is -0.963. The molecule has 0 bridgehead atoms. The summed E-state index contributed by atoms with van der Waals surface area (Å²) in [7, 11) is 3.53. The lowest BCUT2D eigenvalue weighted by molar-refractivity contribution is 0.247. The Morgan fingerprint density at radius 3 is 2.69 bits per heavy atom. The smallest absolute Gasteiger partial charge is 0.320 e. The predicted molar refractivity (Wildman–Crippen MR) is 112 cm³/mol. The maximum atomic E-state index is 13.8. The monoisotopic (exact) mass is 440 g/mol. The molecule has 0 saturated carbocycles. The average Bonchev–Trinajstić information content (AvgIpc) is 3.44. The highest BCUT2D eigenvalue weighted by atomic mass is 19.2. The minimum absolute atomic E-state index is 0.263. The Morgan fingerprint density at radius 2 is 2.03 bits per heavy atom. The van der Waals surface area contributed by atoms with Gasteiger partial charge in [-0.2, -0.15) is 15.5 Å². The molecule has 0 unspecified atom stereocenters. The number of amides is 2. The van der Waals surface area contributed by atoms with Gasteiger partial charge in [-0.3, -0.25) is 14.7 Å². The first kappa shape index (κ1) is 21.3. The topological polar surface area (TPSA) is 104 Å². The summed E-state index contributed by atoms with van der Waals surface area (Å²) < 4.78 is 30.3. The number of urea groups is 1. The number of nitriles is 1. The molecule has 32 heavy (non-hydrogen) atoms. The van der Waals surface area contributed by atoms with Crippen LogP contribution >= 0.6 is 0 Å². The number of hydrogen-bond donors (Lipinski definition) is 2. The van der Waals surface area contributed by atoms with Gasteiger partial charge in [0.05, 0.1) is 12.2 Å². The van der Waals surface area contributed by atoms with E-state index in [9.17, 15) is 18.8 Å². The lowest BCUT2D eigenvalue weighted by Crippen LogP contribution is -2.42. The van der Waals surface area contributed by atoms with Crippen LogP contribution in [0, 0.1) is 30.0 Å². The van der Waals surface area contributed by atoms with Crippen molar-refractivity contribution in [2.24, 2.45) is 14.1 Å². The number of likely N-dealkylation sites (tertiary alicyclic amines) is 1. The van der Waals surface area contributed by atoms with Gasteiger partial charge in [0, 0.05) is 50.4 Å². The fraction of sp³-hybridized carbons (Fsp3) is 0.333. The van der Waals surface area contributed by atoms with E-state index in [0.29, 0.717) is 23.6 Å². The molecule has 1 aromatic carbocycles. The van der Waals surface area contributed by atoms with Crippen molar-refractivity contribution in [3.8, 4) is 17.5 Å². The predicted octanol–water partition coefficient (Wildman–Crippen LogP) is 2.48. The second-order valence-electron chi connectivity index (χ2n) is 7.84. The Balaban J connectivity index is 1.52. The van der Waals surface area contributed by atoms with Gasteiger partial charge in [-0.1, -0.05) is 6.07 Å². The van der Waals surface area contributed by atoms with Crippen molar-refractivity contribution < 1.29 is 13.6 Å². The van der Waals surface area contributed by atoms with Crippen LogP contribution in [0.1, 0.15) is 17.0 Å². The molecule has 1 aliphatic heterocycles. The van der Waals surface area contributed by atoms with Crippen molar-refractivity contribution >= 4 is 11.8 Å². The fourth-order valence-electron chi connectivity index (χ4n) is 4.05. The zero-order chi connectivity index (χ0) is 23.0. The van der Waals surface area contributed by atoms with E-state index in [1.54, 1.807) is 22.6 Å². The van der Waals surface area contributed by atoms with Gasteiger partial charge < -0.3 is 10.2 Å². The Labute approximate surface area is 183 Å². The first-order valence-electron chi connectivity index (χ1n) is 9.96. The van der Waals surface area contributed by atoms with Crippen molar-refractivity contribution in [2.45, 2.75) is 18.9 Å². The molecular weight excluding hydrogens is 418 g/mol. The van der Waals surface area contributed by atoms with Gasteiger partial charge in [0.15, 0.2) is 17.8 Å². The number of hydrogen-bond acceptors (Lipinski definition) is 5. The van der Waals surface area contributed by atoms with Crippen molar-refractivity contribution in [3.63, 3.8) is 0 Å². The summed E-state index contributed by atoms with van der Waals surface area (Å²) in [6.07, 6.45) is 5.59. The van der Waals surface area contributed by atoms with E-state index in [2.05, 4.69) is 27.0 Å². The first-order chi connectivity index (χ1) is 15.3. The van der Waals surface area contributed by atoms with E-state index >= 15 is 0 Å². The lowest BCUT2D eigenvalue weighted by atomic mass is 9.94. The third-order valence-electron chi connectivity index (χ3n) is 5.64. The largest absolute Gasteiger partial charge is 0.333 e. The maximum Gasteiger partial charge on any atom is 0.320 e. The maximum absolute atomic E-state index is 13.8. The van der Waals surface area contributed by atoms with Gasteiger partial charge in [0.2, 0.25) is 0 Å². The van der Waals surface area contributed by atoms with Gasteiger partial charge in [0.1, 0.15) is 11.5 Å². The summed E-state index contributed by atoms with van der Waals surface area (Å²) in [4.78, 5) is 14.3. The summed E-state index contributed by atoms with van der Waals surface area (Å²) in [5, 5.41) is 23.6. The highest BCUT2D eigenvalue weighted by Gasteiger charge is 2.35. The Kier molecular flexibility index (Phi) is 5.52. The molecule has 3 heterocycles. The van der Waals surface area contributed by atoms with Gasteiger partial charge in [-0.05, 0) is 24.6 Å². The normalized spacial score (nSPS) is 17.9. The molecule has 2 N–H and O–H groups in total. The Morgan fingerprint density at radius 1 is 1.25 bits per heavy atom. The fourth-order valence-corrected chi connectivity index (χ4v) is 4.05. The number of rotatable bonds is 4. The van der Waals surface area contributed by atoms with Crippen molar-refractivity contribution in [3.05, 3.63) is 53.4 Å². The summed E-state index contributed by atoms with van der Waals surface area (Å²) >= 11 is 0. The number of halogens is 2. The third kappa shape index (κ3) is 3.99. The van der Waals surface area contributed by atoms with Crippen LogP contribution in [-0.4, -0.2) is 49.6 Å². The van der Waals surface area contributed by atoms with Crippen LogP contribution in [-0.2, 0) is 14.1 Å². The molecule has 2 aromatic heterocycles. The van der Waals surface area contributed by atoms with E-state index in [1.807, 2.05) is 20.2 Å². The molecule has 1 saturated heterocycles. The summed E-state index contributed by atoms with van der Waals surface area (Å²) in [5.74, 6) is -1.76. The van der Waals surface area contributed by atoms with Crippen molar-refractivity contribution in [1.82, 2.24) is 29.8 Å². The number of nitrogens with one attached hydrogen (secondary N) is 2. The molecule has 0 radical (unpaired) electrons. The van der Waals surface area contributed by atoms with Crippen LogP contribution in [0.2, 0.25) is 0 Å². The molecule has 9 nitrogen and oxygen atoms in total.